The average Bonchev–Trinajstić information content (AvgIpc) is 3.30. The first-order valence-electron chi connectivity index (χ1n) is 11.7. The zero-order valence-electron chi connectivity index (χ0n) is 20.8. The molecule has 4 aromatic rings. The highest BCUT2D eigenvalue weighted by Gasteiger charge is 2.36. The van der Waals surface area contributed by atoms with Gasteiger partial charge in [0.25, 0.3) is 11.8 Å². The van der Waals surface area contributed by atoms with Gasteiger partial charge >= 0.3 is 0 Å². The Hall–Kier alpha value is -4.21. The summed E-state index contributed by atoms with van der Waals surface area (Å²) >= 11 is 6.91. The first-order valence-corrected chi connectivity index (χ1v) is 12.9. The number of hydrogen-bond acceptors (Lipinski definition) is 6. The number of carbonyl (C=O) groups excluding carboxylic acids is 3. The quantitative estimate of drug-likeness (QED) is 0.291. The normalized spacial score (nSPS) is 11.6. The van der Waals surface area contributed by atoms with Crippen molar-refractivity contribution < 1.29 is 14.4 Å². The predicted molar refractivity (Wildman–Crippen MR) is 150 cm³/mol. The molecule has 3 amide bonds. The van der Waals surface area contributed by atoms with Crippen LogP contribution in [-0.2, 0) is 11.3 Å². The number of aromatic nitrogens is 1. The highest BCUT2D eigenvalue weighted by atomic mass is 35.5. The summed E-state index contributed by atoms with van der Waals surface area (Å²) in [6.45, 7) is 4.05. The van der Waals surface area contributed by atoms with Crippen molar-refractivity contribution in [2.24, 2.45) is 5.73 Å². The van der Waals surface area contributed by atoms with Crippen LogP contribution in [0.2, 0.25) is 5.02 Å². The minimum Gasteiger partial charge on any atom is -0.395 e. The molecule has 3 aromatic carbocycles. The SMILES string of the molecule is Cc1cccc(N(C(=O)c2snc(C(N)=O)c2N)[C@@H](C(=O)NCc2ccccc2)c2ccc(Cl)cc2)c1C. The van der Waals surface area contributed by atoms with Crippen LogP contribution in [0.4, 0.5) is 11.4 Å². The number of hydrogen-bond donors (Lipinski definition) is 3. The number of benzene rings is 3. The molecule has 0 aliphatic heterocycles. The number of nitrogens with two attached hydrogens (primary N) is 2. The van der Waals surface area contributed by atoms with E-state index in [2.05, 4.69) is 9.69 Å². The zero-order chi connectivity index (χ0) is 27.4. The molecule has 0 bridgehead atoms. The number of anilines is 2. The number of aryl methyl sites for hydroxylation is 1. The molecule has 0 radical (unpaired) electrons. The molecule has 0 fully saturated rings. The van der Waals surface area contributed by atoms with Crippen molar-refractivity contribution in [1.29, 1.82) is 0 Å². The van der Waals surface area contributed by atoms with Gasteiger partial charge in [-0.1, -0.05) is 66.2 Å². The standard InChI is InChI=1S/C28H26ClN5O3S/c1-16-7-6-10-21(17(16)2)34(28(37)25-22(30)23(26(31)35)33-38-25)24(19-11-13-20(29)14-12-19)27(36)32-15-18-8-4-3-5-9-18/h3-14,24H,15,30H2,1-2H3,(H2,31,35)(H,32,36)/t24-/m1/s1. The molecule has 0 spiro atoms. The van der Waals surface area contributed by atoms with Crippen molar-refractivity contribution in [3.05, 3.63) is 111 Å². The number of primary amides is 1. The number of amides is 3. The first kappa shape index (κ1) is 26.8. The second-order valence-corrected chi connectivity index (χ2v) is 9.90. The van der Waals surface area contributed by atoms with E-state index in [4.69, 9.17) is 23.1 Å². The summed E-state index contributed by atoms with van der Waals surface area (Å²) in [6, 6.07) is 20.6. The Morgan fingerprint density at radius 1 is 1.00 bits per heavy atom. The monoisotopic (exact) mass is 547 g/mol. The van der Waals surface area contributed by atoms with Crippen LogP contribution in [0.1, 0.15) is 48.5 Å². The smallest absolute Gasteiger partial charge is 0.273 e. The summed E-state index contributed by atoms with van der Waals surface area (Å²) in [5.74, 6) is -1.84. The molecule has 0 saturated heterocycles. The molecule has 5 N–H and O–H groups in total. The molecule has 1 atom stereocenters. The van der Waals surface area contributed by atoms with Gasteiger partial charge in [-0.2, -0.15) is 4.37 Å². The fourth-order valence-corrected chi connectivity index (χ4v) is 4.91. The summed E-state index contributed by atoms with van der Waals surface area (Å²) in [5, 5.41) is 3.44. The fourth-order valence-electron chi connectivity index (χ4n) is 4.05. The Bertz CT molecular complexity index is 1490. The van der Waals surface area contributed by atoms with Gasteiger partial charge in [0, 0.05) is 17.3 Å². The molecule has 4 rings (SSSR count). The van der Waals surface area contributed by atoms with Crippen molar-refractivity contribution in [3.8, 4) is 0 Å². The maximum atomic E-state index is 14.2. The van der Waals surface area contributed by atoms with E-state index < -0.39 is 23.8 Å². The Morgan fingerprint density at radius 3 is 2.32 bits per heavy atom. The first-order chi connectivity index (χ1) is 18.2. The molecule has 194 valence electrons. The number of nitrogen functional groups attached to an aromatic ring is 1. The molecule has 38 heavy (non-hydrogen) atoms. The molecule has 0 saturated carbocycles. The van der Waals surface area contributed by atoms with Crippen molar-refractivity contribution >= 4 is 52.2 Å². The summed E-state index contributed by atoms with van der Waals surface area (Å²) in [5.41, 5.74) is 14.9. The van der Waals surface area contributed by atoms with E-state index in [0.29, 0.717) is 16.3 Å². The van der Waals surface area contributed by atoms with Gasteiger partial charge in [-0.25, -0.2) is 0 Å². The van der Waals surface area contributed by atoms with Crippen molar-refractivity contribution in [3.63, 3.8) is 0 Å². The number of nitrogens with zero attached hydrogens (tertiary/aromatic N) is 2. The Morgan fingerprint density at radius 2 is 1.68 bits per heavy atom. The fraction of sp³-hybridized carbons (Fsp3) is 0.143. The Kier molecular flexibility index (Phi) is 8.09. The van der Waals surface area contributed by atoms with E-state index in [-0.39, 0.29) is 22.8 Å². The summed E-state index contributed by atoms with van der Waals surface area (Å²) in [7, 11) is 0. The highest BCUT2D eigenvalue weighted by molar-refractivity contribution is 7.09. The second-order valence-electron chi connectivity index (χ2n) is 8.69. The third kappa shape index (κ3) is 5.53. The van der Waals surface area contributed by atoms with Crippen LogP contribution in [0.5, 0.6) is 0 Å². The van der Waals surface area contributed by atoms with Gasteiger partial charge in [0.05, 0.1) is 5.69 Å². The van der Waals surface area contributed by atoms with Gasteiger partial charge in [-0.15, -0.1) is 0 Å². The summed E-state index contributed by atoms with van der Waals surface area (Å²) in [4.78, 5) is 41.3. The summed E-state index contributed by atoms with van der Waals surface area (Å²) < 4.78 is 3.99. The van der Waals surface area contributed by atoms with Crippen molar-refractivity contribution in [2.75, 3.05) is 10.6 Å². The Balaban J connectivity index is 1.87. The molecule has 0 unspecified atom stereocenters. The van der Waals surface area contributed by atoms with Gasteiger partial charge in [0.15, 0.2) is 5.69 Å². The molecule has 1 heterocycles. The lowest BCUT2D eigenvalue weighted by atomic mass is 9.99. The van der Waals surface area contributed by atoms with E-state index in [1.807, 2.05) is 56.3 Å². The van der Waals surface area contributed by atoms with Crippen LogP contribution < -0.4 is 21.7 Å². The number of carbonyl (C=O) groups is 3. The molecule has 8 nitrogen and oxygen atoms in total. The second kappa shape index (κ2) is 11.5. The number of halogens is 1. The molecular formula is C28H26ClN5O3S. The third-order valence-corrected chi connectivity index (χ3v) is 7.31. The molecule has 0 aliphatic carbocycles. The lowest BCUT2D eigenvalue weighted by Gasteiger charge is -2.32. The van der Waals surface area contributed by atoms with Crippen LogP contribution in [0, 0.1) is 13.8 Å². The topological polar surface area (TPSA) is 131 Å². The van der Waals surface area contributed by atoms with Crippen LogP contribution >= 0.6 is 23.1 Å². The van der Waals surface area contributed by atoms with E-state index in [1.54, 1.807) is 30.3 Å². The van der Waals surface area contributed by atoms with Crippen molar-refractivity contribution in [1.82, 2.24) is 9.69 Å². The average molecular weight is 548 g/mol. The molecule has 0 aliphatic rings. The minimum atomic E-state index is -1.09. The van der Waals surface area contributed by atoms with E-state index in [1.165, 1.54) is 4.90 Å². The van der Waals surface area contributed by atoms with Crippen LogP contribution in [-0.4, -0.2) is 22.1 Å². The van der Waals surface area contributed by atoms with Crippen LogP contribution in [0.25, 0.3) is 0 Å². The number of rotatable bonds is 8. The van der Waals surface area contributed by atoms with Crippen LogP contribution in [0.3, 0.4) is 0 Å². The van der Waals surface area contributed by atoms with E-state index >= 15 is 0 Å². The van der Waals surface area contributed by atoms with E-state index in [9.17, 15) is 14.4 Å². The lowest BCUT2D eigenvalue weighted by Crippen LogP contribution is -2.44. The van der Waals surface area contributed by atoms with Gasteiger partial charge in [-0.05, 0) is 65.8 Å². The highest BCUT2D eigenvalue weighted by Crippen LogP contribution is 2.36. The zero-order valence-corrected chi connectivity index (χ0v) is 22.3. The van der Waals surface area contributed by atoms with E-state index in [0.717, 1.165) is 28.2 Å². The largest absolute Gasteiger partial charge is 0.395 e. The lowest BCUT2D eigenvalue weighted by molar-refractivity contribution is -0.122. The van der Waals surface area contributed by atoms with Crippen LogP contribution in [0.15, 0.2) is 72.8 Å². The predicted octanol–water partition coefficient (Wildman–Crippen LogP) is 4.80. The van der Waals surface area contributed by atoms with Gasteiger partial charge in [0.2, 0.25) is 5.91 Å². The van der Waals surface area contributed by atoms with Gasteiger partial charge in [-0.3, -0.25) is 19.3 Å². The molecular weight excluding hydrogens is 522 g/mol. The Labute approximate surface area is 229 Å². The molecule has 10 heteroatoms. The molecule has 1 aromatic heterocycles. The van der Waals surface area contributed by atoms with Gasteiger partial charge in [0.1, 0.15) is 10.9 Å². The maximum Gasteiger partial charge on any atom is 0.273 e. The van der Waals surface area contributed by atoms with Gasteiger partial charge < -0.3 is 16.8 Å². The van der Waals surface area contributed by atoms with Crippen molar-refractivity contribution in [2.45, 2.75) is 26.4 Å². The maximum absolute atomic E-state index is 14.2. The minimum absolute atomic E-state index is 0.00882. The third-order valence-electron chi connectivity index (χ3n) is 6.21. The summed E-state index contributed by atoms with van der Waals surface area (Å²) in [6.07, 6.45) is 0. The number of nitrogens with one attached hydrogen (secondary N) is 1.